The van der Waals surface area contributed by atoms with Crippen molar-refractivity contribution in [2.75, 3.05) is 6.54 Å². The van der Waals surface area contributed by atoms with E-state index in [4.69, 9.17) is 5.11 Å². The minimum atomic E-state index is -3.49. The van der Waals surface area contributed by atoms with Gasteiger partial charge in [0.15, 0.2) is 0 Å². The third-order valence-electron chi connectivity index (χ3n) is 2.73. The van der Waals surface area contributed by atoms with Crippen LogP contribution in [-0.4, -0.2) is 20.1 Å². The highest BCUT2D eigenvalue weighted by Crippen LogP contribution is 2.29. The minimum absolute atomic E-state index is 0.168. The van der Waals surface area contributed by atoms with Crippen molar-refractivity contribution in [2.24, 2.45) is 5.92 Å². The first-order valence-electron chi connectivity index (χ1n) is 5.42. The summed E-state index contributed by atoms with van der Waals surface area (Å²) >= 11 is 3.22. The number of hydrogen-bond acceptors (Lipinski definition) is 3. The number of benzene rings is 1. The molecule has 94 valence electrons. The molecule has 0 bridgehead atoms. The molecule has 0 aliphatic heterocycles. The van der Waals surface area contributed by atoms with Gasteiger partial charge in [0.2, 0.25) is 10.0 Å². The Kier molecular flexibility index (Phi) is 3.87. The van der Waals surface area contributed by atoms with Crippen LogP contribution in [-0.2, 0) is 16.6 Å². The van der Waals surface area contributed by atoms with Gasteiger partial charge in [0.25, 0.3) is 0 Å². The molecule has 1 fully saturated rings. The topological polar surface area (TPSA) is 66.4 Å². The first-order valence-corrected chi connectivity index (χ1v) is 7.69. The Labute approximate surface area is 109 Å². The molecule has 0 unspecified atom stereocenters. The van der Waals surface area contributed by atoms with E-state index in [-0.39, 0.29) is 11.5 Å². The van der Waals surface area contributed by atoms with Crippen molar-refractivity contribution in [1.29, 1.82) is 0 Å². The SMILES string of the molecule is O=S(=O)(NCC1CC1)c1cc(CO)ccc1Br. The van der Waals surface area contributed by atoms with Crippen molar-refractivity contribution >= 4 is 26.0 Å². The Morgan fingerprint density at radius 1 is 1.41 bits per heavy atom. The molecule has 1 aliphatic rings. The molecular formula is C11H14BrNO3S. The third-order valence-corrected chi connectivity index (χ3v) is 5.14. The molecule has 0 spiro atoms. The van der Waals surface area contributed by atoms with Crippen molar-refractivity contribution in [3.8, 4) is 0 Å². The molecule has 0 amide bonds. The smallest absolute Gasteiger partial charge is 0.241 e. The van der Waals surface area contributed by atoms with Crippen LogP contribution < -0.4 is 4.72 Å². The van der Waals surface area contributed by atoms with Gasteiger partial charge in [-0.15, -0.1) is 0 Å². The average molecular weight is 320 g/mol. The standard InChI is InChI=1S/C11H14BrNO3S/c12-10-4-3-9(7-14)5-11(10)17(15,16)13-6-8-1-2-8/h3-5,8,13-14H,1-2,6-7H2. The van der Waals surface area contributed by atoms with Crippen LogP contribution in [0, 0.1) is 5.92 Å². The zero-order valence-corrected chi connectivity index (χ0v) is 11.6. The van der Waals surface area contributed by atoms with Crippen molar-refractivity contribution in [3.63, 3.8) is 0 Å². The van der Waals surface area contributed by atoms with E-state index in [1.807, 2.05) is 0 Å². The maximum absolute atomic E-state index is 12.0. The number of halogens is 1. The van der Waals surface area contributed by atoms with Gasteiger partial charge in [-0.3, -0.25) is 0 Å². The summed E-state index contributed by atoms with van der Waals surface area (Å²) in [4.78, 5) is 0.185. The number of sulfonamides is 1. The van der Waals surface area contributed by atoms with Crippen LogP contribution in [0.15, 0.2) is 27.6 Å². The molecule has 1 aromatic rings. The van der Waals surface area contributed by atoms with E-state index >= 15 is 0 Å². The van der Waals surface area contributed by atoms with Crippen LogP contribution in [0.2, 0.25) is 0 Å². The summed E-state index contributed by atoms with van der Waals surface area (Å²) in [5.74, 6) is 0.490. The lowest BCUT2D eigenvalue weighted by Crippen LogP contribution is -2.26. The Morgan fingerprint density at radius 2 is 2.12 bits per heavy atom. The summed E-state index contributed by atoms with van der Waals surface area (Å²) < 4.78 is 27.2. The molecule has 2 rings (SSSR count). The first kappa shape index (κ1) is 13.0. The largest absolute Gasteiger partial charge is 0.392 e. The quantitative estimate of drug-likeness (QED) is 0.866. The highest BCUT2D eigenvalue weighted by Gasteiger charge is 2.25. The maximum atomic E-state index is 12.0. The number of aliphatic hydroxyl groups is 1. The zero-order valence-electron chi connectivity index (χ0n) is 9.19. The molecular weight excluding hydrogens is 306 g/mol. The van der Waals surface area contributed by atoms with Crippen LogP contribution in [0.3, 0.4) is 0 Å². The molecule has 1 aliphatic carbocycles. The number of aliphatic hydroxyl groups excluding tert-OH is 1. The molecule has 2 N–H and O–H groups in total. The fraction of sp³-hybridized carbons (Fsp3) is 0.455. The van der Waals surface area contributed by atoms with Gasteiger partial charge in [-0.2, -0.15) is 0 Å². The Hall–Kier alpha value is -0.430. The number of hydrogen-bond donors (Lipinski definition) is 2. The van der Waals surface area contributed by atoms with Crippen LogP contribution in [0.25, 0.3) is 0 Å². The second kappa shape index (κ2) is 5.06. The third kappa shape index (κ3) is 3.28. The first-order chi connectivity index (χ1) is 8.03. The molecule has 6 heteroatoms. The summed E-state index contributed by atoms with van der Waals surface area (Å²) in [5, 5.41) is 9.02. The number of rotatable bonds is 5. The van der Waals surface area contributed by atoms with E-state index in [0.717, 1.165) is 12.8 Å². The van der Waals surface area contributed by atoms with Crippen LogP contribution in [0.4, 0.5) is 0 Å². The van der Waals surface area contributed by atoms with E-state index in [9.17, 15) is 8.42 Å². The summed E-state index contributed by atoms with van der Waals surface area (Å²) in [7, 11) is -3.49. The molecule has 0 heterocycles. The lowest BCUT2D eigenvalue weighted by atomic mass is 10.2. The minimum Gasteiger partial charge on any atom is -0.392 e. The van der Waals surface area contributed by atoms with Gasteiger partial charge in [-0.25, -0.2) is 13.1 Å². The molecule has 4 nitrogen and oxygen atoms in total. The van der Waals surface area contributed by atoms with E-state index in [1.165, 1.54) is 6.07 Å². The van der Waals surface area contributed by atoms with Gasteiger partial charge in [0.1, 0.15) is 0 Å². The lowest BCUT2D eigenvalue weighted by molar-refractivity contribution is 0.281. The molecule has 0 atom stereocenters. The predicted molar refractivity (Wildman–Crippen MR) is 68.0 cm³/mol. The lowest BCUT2D eigenvalue weighted by Gasteiger charge is -2.09. The summed E-state index contributed by atoms with van der Waals surface area (Å²) in [6.07, 6.45) is 2.20. The van der Waals surface area contributed by atoms with Crippen LogP contribution in [0.1, 0.15) is 18.4 Å². The molecule has 1 saturated carbocycles. The molecule has 17 heavy (non-hydrogen) atoms. The van der Waals surface area contributed by atoms with E-state index < -0.39 is 10.0 Å². The highest BCUT2D eigenvalue weighted by atomic mass is 79.9. The predicted octanol–water partition coefficient (Wildman–Crippen LogP) is 1.63. The van der Waals surface area contributed by atoms with E-state index in [1.54, 1.807) is 12.1 Å². The van der Waals surface area contributed by atoms with E-state index in [2.05, 4.69) is 20.7 Å². The van der Waals surface area contributed by atoms with Crippen LogP contribution >= 0.6 is 15.9 Å². The number of nitrogens with one attached hydrogen (secondary N) is 1. The van der Waals surface area contributed by atoms with Gasteiger partial charge < -0.3 is 5.11 Å². The second-order valence-corrected chi connectivity index (χ2v) is 6.81. The molecule has 0 aromatic heterocycles. The highest BCUT2D eigenvalue weighted by molar-refractivity contribution is 9.10. The van der Waals surface area contributed by atoms with Crippen molar-refractivity contribution in [3.05, 3.63) is 28.2 Å². The zero-order chi connectivity index (χ0) is 12.5. The second-order valence-electron chi connectivity index (χ2n) is 4.22. The summed E-state index contributed by atoms with van der Waals surface area (Å²) in [6, 6.07) is 4.81. The molecule has 1 aromatic carbocycles. The maximum Gasteiger partial charge on any atom is 0.241 e. The Morgan fingerprint density at radius 3 is 2.71 bits per heavy atom. The molecule has 0 radical (unpaired) electrons. The Bertz CT molecular complexity index is 511. The fourth-order valence-electron chi connectivity index (χ4n) is 1.48. The van der Waals surface area contributed by atoms with Gasteiger partial charge in [0, 0.05) is 11.0 Å². The monoisotopic (exact) mass is 319 g/mol. The summed E-state index contributed by atoms with van der Waals surface area (Å²) in [6.45, 7) is 0.330. The van der Waals surface area contributed by atoms with Gasteiger partial charge in [-0.1, -0.05) is 6.07 Å². The van der Waals surface area contributed by atoms with Gasteiger partial charge in [-0.05, 0) is 52.4 Å². The molecule has 0 saturated heterocycles. The van der Waals surface area contributed by atoms with Crippen molar-refractivity contribution in [2.45, 2.75) is 24.3 Å². The van der Waals surface area contributed by atoms with Crippen molar-refractivity contribution < 1.29 is 13.5 Å². The fourth-order valence-corrected chi connectivity index (χ4v) is 3.61. The van der Waals surface area contributed by atoms with Crippen molar-refractivity contribution in [1.82, 2.24) is 4.72 Å². The van der Waals surface area contributed by atoms with Gasteiger partial charge in [0.05, 0.1) is 11.5 Å². The van der Waals surface area contributed by atoms with Crippen LogP contribution in [0.5, 0.6) is 0 Å². The van der Waals surface area contributed by atoms with Gasteiger partial charge >= 0.3 is 0 Å². The summed E-state index contributed by atoms with van der Waals surface area (Å²) in [5.41, 5.74) is 0.583. The van der Waals surface area contributed by atoms with E-state index in [0.29, 0.717) is 22.5 Å². The Balaban J connectivity index is 2.23. The average Bonchev–Trinajstić information content (AvgIpc) is 3.11. The normalized spacial score (nSPS) is 16.1.